The van der Waals surface area contributed by atoms with E-state index in [2.05, 4.69) is 19.2 Å². The molecule has 0 radical (unpaired) electrons. The molecule has 0 aliphatic heterocycles. The first-order valence-corrected chi connectivity index (χ1v) is 6.62. The molecule has 0 saturated carbocycles. The van der Waals surface area contributed by atoms with Crippen molar-refractivity contribution in [2.75, 3.05) is 5.32 Å². The van der Waals surface area contributed by atoms with Crippen molar-refractivity contribution in [3.05, 3.63) is 29.3 Å². The van der Waals surface area contributed by atoms with E-state index in [1.165, 1.54) is 12.1 Å². The molecule has 1 rings (SSSR count). The summed E-state index contributed by atoms with van der Waals surface area (Å²) in [6.07, 6.45) is -2.52. The molecule has 110 valence electrons. The monoisotopic (exact) mass is 284 g/mol. The maximum atomic E-state index is 12.7. The molecule has 0 spiro atoms. The normalized spacial score (nSPS) is 13.1. The maximum absolute atomic E-state index is 12.7. The number of hydrogen-bond donors (Lipinski definition) is 1. The third-order valence-electron chi connectivity index (χ3n) is 3.04. The first-order valence-electron chi connectivity index (χ1n) is 6.62. The van der Waals surface area contributed by atoms with Crippen molar-refractivity contribution in [1.82, 2.24) is 0 Å². The minimum absolute atomic E-state index is 0.153. The second-order valence-corrected chi connectivity index (χ2v) is 5.39. The van der Waals surface area contributed by atoms with Crippen molar-refractivity contribution in [3.63, 3.8) is 0 Å². The van der Waals surface area contributed by atoms with Crippen LogP contribution in [0.5, 0.6) is 0 Å². The lowest BCUT2D eigenvalue weighted by Gasteiger charge is -2.17. The van der Waals surface area contributed by atoms with Gasteiger partial charge in [0.1, 0.15) is 0 Å². The van der Waals surface area contributed by atoms with Gasteiger partial charge in [-0.1, -0.05) is 13.8 Å². The van der Waals surface area contributed by atoms with Crippen LogP contribution in [0.1, 0.15) is 44.7 Å². The van der Waals surface area contributed by atoms with Crippen LogP contribution in [-0.2, 0) is 6.18 Å². The van der Waals surface area contributed by atoms with E-state index in [0.717, 1.165) is 18.9 Å². The first-order chi connectivity index (χ1) is 9.24. The highest BCUT2D eigenvalue weighted by Crippen LogP contribution is 2.33. The average molecular weight is 284 g/mol. The quantitative estimate of drug-likeness (QED) is 0.842. The summed E-state index contributed by atoms with van der Waals surface area (Å²) in [5.74, 6) is 0.585. The highest BCUT2D eigenvalue weighted by Gasteiger charge is 2.33. The van der Waals surface area contributed by atoms with Crippen molar-refractivity contribution in [2.24, 2.45) is 5.92 Å². The Labute approximate surface area is 117 Å². The van der Waals surface area contributed by atoms with Crippen LogP contribution in [-0.4, -0.2) is 6.04 Å². The van der Waals surface area contributed by atoms with Crippen LogP contribution in [0.15, 0.2) is 18.2 Å². The molecule has 2 nitrogen and oxygen atoms in total. The van der Waals surface area contributed by atoms with Crippen molar-refractivity contribution < 1.29 is 13.2 Å². The molecule has 1 unspecified atom stereocenters. The molecule has 0 aromatic heterocycles. The molecule has 0 saturated heterocycles. The van der Waals surface area contributed by atoms with Gasteiger partial charge >= 0.3 is 6.18 Å². The average Bonchev–Trinajstić information content (AvgIpc) is 2.34. The predicted octanol–water partition coefficient (Wildman–Crippen LogP) is 4.81. The lowest BCUT2D eigenvalue weighted by molar-refractivity contribution is -0.137. The largest absolute Gasteiger partial charge is 0.417 e. The van der Waals surface area contributed by atoms with E-state index >= 15 is 0 Å². The predicted molar refractivity (Wildman–Crippen MR) is 73.3 cm³/mol. The van der Waals surface area contributed by atoms with Crippen LogP contribution < -0.4 is 5.32 Å². The van der Waals surface area contributed by atoms with E-state index in [1.54, 1.807) is 6.07 Å². The van der Waals surface area contributed by atoms with E-state index in [1.807, 2.05) is 6.92 Å². The SMILES string of the molecule is CC(C)CCC(C)Nc1ccc(C(F)(F)F)c(C#N)c1. The van der Waals surface area contributed by atoms with Crippen LogP contribution >= 0.6 is 0 Å². The molecule has 1 aromatic rings. The van der Waals surface area contributed by atoms with E-state index < -0.39 is 11.7 Å². The fraction of sp³-hybridized carbons (Fsp3) is 0.533. The van der Waals surface area contributed by atoms with Crippen molar-refractivity contribution in [3.8, 4) is 6.07 Å². The summed E-state index contributed by atoms with van der Waals surface area (Å²) < 4.78 is 38.0. The molecule has 0 heterocycles. The molecule has 5 heteroatoms. The summed E-state index contributed by atoms with van der Waals surface area (Å²) in [6, 6.07) is 5.34. The minimum Gasteiger partial charge on any atom is -0.383 e. The second-order valence-electron chi connectivity index (χ2n) is 5.39. The Hall–Kier alpha value is -1.70. The highest BCUT2D eigenvalue weighted by molar-refractivity contribution is 5.54. The standard InChI is InChI=1S/C15H19F3N2/c1-10(2)4-5-11(3)20-13-6-7-14(15(16,17)18)12(8-13)9-19/h6-8,10-11,20H,4-5H2,1-3H3. The van der Waals surface area contributed by atoms with Gasteiger partial charge in [-0.05, 0) is 43.9 Å². The van der Waals surface area contributed by atoms with Gasteiger partial charge in [0.05, 0.1) is 17.2 Å². The molecule has 1 N–H and O–H groups in total. The molecule has 0 bridgehead atoms. The van der Waals surface area contributed by atoms with Gasteiger partial charge in [-0.3, -0.25) is 0 Å². The van der Waals surface area contributed by atoms with Gasteiger partial charge in [0.25, 0.3) is 0 Å². The molecule has 0 amide bonds. The number of rotatable bonds is 5. The van der Waals surface area contributed by atoms with Crippen LogP contribution in [0.2, 0.25) is 0 Å². The Bertz CT molecular complexity index is 487. The number of nitrogens with zero attached hydrogens (tertiary/aromatic N) is 1. The molecule has 1 atom stereocenters. The van der Waals surface area contributed by atoms with Crippen molar-refractivity contribution >= 4 is 5.69 Å². The molecule has 0 fully saturated rings. The zero-order valence-corrected chi connectivity index (χ0v) is 11.9. The summed E-state index contributed by atoms with van der Waals surface area (Å²) in [5, 5.41) is 12.0. The van der Waals surface area contributed by atoms with Crippen LogP contribution in [0, 0.1) is 17.2 Å². The topological polar surface area (TPSA) is 35.8 Å². The summed E-state index contributed by atoms with van der Waals surface area (Å²) in [6.45, 7) is 6.23. The summed E-state index contributed by atoms with van der Waals surface area (Å²) >= 11 is 0. The smallest absolute Gasteiger partial charge is 0.383 e. The lowest BCUT2D eigenvalue weighted by atomic mass is 10.0. The van der Waals surface area contributed by atoms with Gasteiger partial charge in [-0.25, -0.2) is 0 Å². The van der Waals surface area contributed by atoms with Gasteiger partial charge in [-0.2, -0.15) is 18.4 Å². The van der Waals surface area contributed by atoms with Gasteiger partial charge < -0.3 is 5.32 Å². The number of halogens is 3. The van der Waals surface area contributed by atoms with E-state index in [9.17, 15) is 13.2 Å². The van der Waals surface area contributed by atoms with E-state index in [0.29, 0.717) is 11.6 Å². The summed E-state index contributed by atoms with van der Waals surface area (Å²) in [5.41, 5.74) is -0.690. The summed E-state index contributed by atoms with van der Waals surface area (Å²) in [7, 11) is 0. The molecular formula is C15H19F3N2. The number of benzene rings is 1. The van der Waals surface area contributed by atoms with E-state index in [-0.39, 0.29) is 11.6 Å². The Morgan fingerprint density at radius 1 is 1.20 bits per heavy atom. The Balaban J connectivity index is 2.81. The van der Waals surface area contributed by atoms with Crippen molar-refractivity contribution in [2.45, 2.75) is 45.8 Å². The molecule has 0 aliphatic rings. The number of hydrogen-bond acceptors (Lipinski definition) is 2. The van der Waals surface area contributed by atoms with Gasteiger partial charge in [0, 0.05) is 11.7 Å². The number of nitrogens with one attached hydrogen (secondary N) is 1. The number of nitriles is 1. The highest BCUT2D eigenvalue weighted by atomic mass is 19.4. The van der Waals surface area contributed by atoms with Gasteiger partial charge in [0.2, 0.25) is 0 Å². The lowest BCUT2D eigenvalue weighted by Crippen LogP contribution is -2.16. The zero-order chi connectivity index (χ0) is 15.3. The first kappa shape index (κ1) is 16.4. The fourth-order valence-electron chi connectivity index (χ4n) is 1.91. The van der Waals surface area contributed by atoms with Crippen LogP contribution in [0.25, 0.3) is 0 Å². The Morgan fingerprint density at radius 3 is 2.35 bits per heavy atom. The molecule has 20 heavy (non-hydrogen) atoms. The van der Waals surface area contributed by atoms with Gasteiger partial charge in [0.15, 0.2) is 0 Å². The molecule has 1 aromatic carbocycles. The third-order valence-corrected chi connectivity index (χ3v) is 3.04. The molecular weight excluding hydrogens is 265 g/mol. The zero-order valence-electron chi connectivity index (χ0n) is 11.9. The van der Waals surface area contributed by atoms with Crippen molar-refractivity contribution in [1.29, 1.82) is 5.26 Å². The third kappa shape index (κ3) is 4.76. The fourth-order valence-corrected chi connectivity index (χ4v) is 1.91. The second kappa shape index (κ2) is 6.65. The number of alkyl halides is 3. The number of anilines is 1. The van der Waals surface area contributed by atoms with E-state index in [4.69, 9.17) is 5.26 Å². The Morgan fingerprint density at radius 2 is 1.85 bits per heavy atom. The minimum atomic E-state index is -4.49. The maximum Gasteiger partial charge on any atom is 0.417 e. The Kier molecular flexibility index (Phi) is 5.43. The summed E-state index contributed by atoms with van der Waals surface area (Å²) in [4.78, 5) is 0. The van der Waals surface area contributed by atoms with Crippen LogP contribution in [0.4, 0.5) is 18.9 Å². The molecule has 0 aliphatic carbocycles. The van der Waals surface area contributed by atoms with Crippen LogP contribution in [0.3, 0.4) is 0 Å². The van der Waals surface area contributed by atoms with Gasteiger partial charge in [-0.15, -0.1) is 0 Å².